The molecule has 0 radical (unpaired) electrons. The van der Waals surface area contributed by atoms with Crippen LogP contribution in [0.3, 0.4) is 0 Å². The van der Waals surface area contributed by atoms with Gasteiger partial charge in [0.1, 0.15) is 28.7 Å². The topological polar surface area (TPSA) is 159 Å². The molecule has 0 amide bonds. The van der Waals surface area contributed by atoms with Crippen LogP contribution in [0.2, 0.25) is 0 Å². The first-order valence-electron chi connectivity index (χ1n) is 16.5. The number of anilines is 1. The minimum Gasteiger partial charge on any atom is -0.542 e. The Hall–Kier alpha value is -3.25. The SMILES string of the molecule is CN(C)S(=O)(=O)Nc1ccc([C@@H](CC[NH+]2CCCOCC2)CC(=O)c2nc3cc4c(nc3s2)CC[C@H](C(C)(C)C)C4)cn1.O=C([O-])C(F)(F)F. The van der Waals surface area contributed by atoms with Crippen LogP contribution in [-0.4, -0.2) is 92.5 Å². The van der Waals surface area contributed by atoms with E-state index in [9.17, 15) is 26.4 Å². The van der Waals surface area contributed by atoms with Gasteiger partial charge >= 0.3 is 16.4 Å². The molecule has 0 aromatic carbocycles. The van der Waals surface area contributed by atoms with Crippen LogP contribution in [0.1, 0.15) is 79.0 Å². The molecule has 2 N–H and O–H groups in total. The van der Waals surface area contributed by atoms with E-state index in [2.05, 4.69) is 36.5 Å². The Kier molecular flexibility index (Phi) is 13.0. The number of carbonyl (C=O) groups is 2. The van der Waals surface area contributed by atoms with Crippen LogP contribution in [-0.2, 0) is 32.6 Å². The smallest absolute Gasteiger partial charge is 0.430 e. The number of alkyl halides is 3. The number of aliphatic carboxylic acids is 1. The normalized spacial score (nSPS) is 19.2. The van der Waals surface area contributed by atoms with Crippen LogP contribution in [0, 0.1) is 11.3 Å². The van der Waals surface area contributed by atoms with Gasteiger partial charge in [-0.3, -0.25) is 9.52 Å². The van der Waals surface area contributed by atoms with Crippen LogP contribution < -0.4 is 14.7 Å². The van der Waals surface area contributed by atoms with Gasteiger partial charge in [-0.1, -0.05) is 38.2 Å². The second-order valence-electron chi connectivity index (χ2n) is 14.0. The van der Waals surface area contributed by atoms with E-state index >= 15 is 0 Å². The maximum Gasteiger partial charge on any atom is 0.430 e. The molecule has 0 bridgehead atoms. The molecule has 50 heavy (non-hydrogen) atoms. The van der Waals surface area contributed by atoms with Crippen molar-refractivity contribution in [3.8, 4) is 0 Å². The van der Waals surface area contributed by atoms with Crippen molar-refractivity contribution in [1.29, 1.82) is 0 Å². The molecule has 5 rings (SSSR count). The standard InChI is InChI=1S/C31H44N6O4S2.C2HF3O2/c1-31(2,3)24-8-9-25-23(17-24)18-26-29(33-25)42-30(34-26)27(38)19-21(11-13-37-12-6-15-41-16-14-37)22-7-10-28(32-20-22)35-43(39,40)36(4)5;3-2(4,5)1(6)7/h7,10,18,20-21,24H,6,8-9,11-17,19H2,1-5H3,(H,32,35);(H,6,7)/t21-,24-;/m0./s1. The summed E-state index contributed by atoms with van der Waals surface area (Å²) in [7, 11) is -0.734. The van der Waals surface area contributed by atoms with Crippen LogP contribution >= 0.6 is 11.3 Å². The van der Waals surface area contributed by atoms with Gasteiger partial charge in [0, 0.05) is 45.2 Å². The number of aryl methyl sites for hydroxylation is 1. The quantitative estimate of drug-likeness (QED) is 0.298. The number of nitrogens with one attached hydrogen (secondary N) is 2. The lowest BCUT2D eigenvalue weighted by atomic mass is 9.71. The molecule has 3 atom stereocenters. The van der Waals surface area contributed by atoms with Crippen molar-refractivity contribution in [3.63, 3.8) is 0 Å². The fourth-order valence-corrected chi connectivity index (χ4v) is 7.45. The molecule has 1 aliphatic carbocycles. The summed E-state index contributed by atoms with van der Waals surface area (Å²) < 4.78 is 65.3. The highest BCUT2D eigenvalue weighted by Crippen LogP contribution is 2.38. The average Bonchev–Trinajstić information content (AvgIpc) is 3.26. The van der Waals surface area contributed by atoms with Crippen molar-refractivity contribution in [2.45, 2.75) is 71.4 Å². The third-order valence-corrected chi connectivity index (χ3v) is 11.5. The molecule has 12 nitrogen and oxygen atoms in total. The molecule has 17 heteroatoms. The summed E-state index contributed by atoms with van der Waals surface area (Å²) >= 11 is 1.39. The number of hydrogen-bond donors (Lipinski definition) is 2. The van der Waals surface area contributed by atoms with Gasteiger partial charge in [0.05, 0.1) is 26.3 Å². The zero-order valence-electron chi connectivity index (χ0n) is 28.9. The monoisotopic (exact) mass is 742 g/mol. The molecule has 4 heterocycles. The molecule has 3 aromatic rings. The first kappa shape index (κ1) is 39.5. The largest absolute Gasteiger partial charge is 0.542 e. The third-order valence-electron chi connectivity index (χ3n) is 9.11. The first-order chi connectivity index (χ1) is 23.3. The van der Waals surface area contributed by atoms with Crippen LogP contribution in [0.15, 0.2) is 24.4 Å². The van der Waals surface area contributed by atoms with Gasteiger partial charge in [-0.2, -0.15) is 25.9 Å². The van der Waals surface area contributed by atoms with Gasteiger partial charge in [0.2, 0.25) is 0 Å². The molecule has 3 aromatic heterocycles. The van der Waals surface area contributed by atoms with E-state index in [1.165, 1.54) is 35.9 Å². The minimum absolute atomic E-state index is 0.00475. The third kappa shape index (κ3) is 10.9. The summed E-state index contributed by atoms with van der Waals surface area (Å²) in [6.07, 6.45) is 1.73. The minimum atomic E-state index is -5.19. The zero-order chi connectivity index (χ0) is 36.9. The summed E-state index contributed by atoms with van der Waals surface area (Å²) in [6.45, 7) is 11.4. The van der Waals surface area contributed by atoms with E-state index in [1.807, 2.05) is 6.07 Å². The van der Waals surface area contributed by atoms with Crippen molar-refractivity contribution in [2.24, 2.45) is 11.3 Å². The number of pyridine rings is 2. The number of quaternary nitrogens is 1. The van der Waals surface area contributed by atoms with E-state index in [1.54, 1.807) is 12.3 Å². The second-order valence-corrected chi connectivity index (χ2v) is 16.8. The second kappa shape index (κ2) is 16.4. The number of carbonyl (C=O) groups excluding carboxylic acids is 2. The fourth-order valence-electron chi connectivity index (χ4n) is 6.00. The molecular weight excluding hydrogens is 698 g/mol. The molecular formula is C33H45F3N6O6S2. The number of carboxylic acid groups (broad SMARTS) is 1. The highest BCUT2D eigenvalue weighted by atomic mass is 32.2. The molecule has 0 spiro atoms. The lowest BCUT2D eigenvalue weighted by molar-refractivity contribution is -0.898. The Labute approximate surface area is 294 Å². The number of halogens is 3. The number of Topliss-reactive ketones (excluding diaryl/α,β-unsaturated/α-hetero) is 1. The first-order valence-corrected chi connectivity index (χ1v) is 18.8. The van der Waals surface area contributed by atoms with Gasteiger partial charge in [-0.25, -0.2) is 15.0 Å². The molecule has 0 saturated carbocycles. The van der Waals surface area contributed by atoms with E-state index in [-0.39, 0.29) is 22.9 Å². The molecule has 1 fully saturated rings. The number of rotatable bonds is 10. The number of aromatic nitrogens is 3. The van der Waals surface area contributed by atoms with Gasteiger partial charge in [-0.15, -0.1) is 0 Å². The highest BCUT2D eigenvalue weighted by Gasteiger charge is 2.31. The van der Waals surface area contributed by atoms with Crippen LogP contribution in [0.4, 0.5) is 19.0 Å². The van der Waals surface area contributed by atoms with Crippen molar-refractivity contribution >= 4 is 49.5 Å². The van der Waals surface area contributed by atoms with Gasteiger partial charge < -0.3 is 19.5 Å². The highest BCUT2D eigenvalue weighted by molar-refractivity contribution is 7.90. The summed E-state index contributed by atoms with van der Waals surface area (Å²) in [5, 5.41) is 9.29. The Bertz CT molecular complexity index is 1740. The maximum absolute atomic E-state index is 13.7. The van der Waals surface area contributed by atoms with Crippen molar-refractivity contribution in [2.75, 3.05) is 51.7 Å². The van der Waals surface area contributed by atoms with E-state index < -0.39 is 22.4 Å². The molecule has 1 unspecified atom stereocenters. The van der Waals surface area contributed by atoms with Crippen LogP contribution in [0.25, 0.3) is 10.3 Å². The van der Waals surface area contributed by atoms with Crippen molar-refractivity contribution in [1.82, 2.24) is 19.3 Å². The van der Waals surface area contributed by atoms with Crippen LogP contribution in [0.5, 0.6) is 0 Å². The van der Waals surface area contributed by atoms with E-state index in [0.717, 1.165) is 90.9 Å². The predicted molar refractivity (Wildman–Crippen MR) is 181 cm³/mol. The Morgan fingerprint density at radius 2 is 1.88 bits per heavy atom. The number of ketones is 1. The number of fused-ring (bicyclic) bond motifs is 2. The number of thiazole rings is 1. The van der Waals surface area contributed by atoms with E-state index in [0.29, 0.717) is 17.3 Å². The lowest BCUT2D eigenvalue weighted by Crippen LogP contribution is -3.12. The zero-order valence-corrected chi connectivity index (χ0v) is 30.6. The number of carboxylic acids is 1. The van der Waals surface area contributed by atoms with Crippen molar-refractivity contribution in [3.05, 3.63) is 46.2 Å². The number of hydrogen-bond acceptors (Lipinski definition) is 10. The van der Waals surface area contributed by atoms with Gasteiger partial charge in [0.25, 0.3) is 0 Å². The fraction of sp³-hybridized carbons (Fsp3) is 0.606. The Balaban J connectivity index is 0.000000727. The molecule has 1 saturated heterocycles. The summed E-state index contributed by atoms with van der Waals surface area (Å²) in [6, 6.07) is 5.69. The summed E-state index contributed by atoms with van der Waals surface area (Å²) in [5.41, 5.74) is 4.38. The number of ether oxygens (including phenoxy) is 1. The average molecular weight is 743 g/mol. The predicted octanol–water partition coefficient (Wildman–Crippen LogP) is 2.81. The Morgan fingerprint density at radius 1 is 1.16 bits per heavy atom. The summed E-state index contributed by atoms with van der Waals surface area (Å²) in [5.74, 6) is -2.22. The number of nitrogens with zero attached hydrogens (tertiary/aromatic N) is 4. The lowest BCUT2D eigenvalue weighted by Gasteiger charge is -2.34. The molecule has 276 valence electrons. The maximum atomic E-state index is 13.7. The van der Waals surface area contributed by atoms with Gasteiger partial charge in [0.15, 0.2) is 10.8 Å². The Morgan fingerprint density at radius 3 is 2.50 bits per heavy atom. The van der Waals surface area contributed by atoms with Gasteiger partial charge in [-0.05, 0) is 59.8 Å². The molecule has 2 aliphatic rings. The van der Waals surface area contributed by atoms with Crippen molar-refractivity contribution < 1.29 is 45.9 Å². The summed E-state index contributed by atoms with van der Waals surface area (Å²) in [4.78, 5) is 38.9. The molecule has 1 aliphatic heterocycles. The van der Waals surface area contributed by atoms with E-state index in [4.69, 9.17) is 24.6 Å².